The Kier molecular flexibility index (Phi) is 4.66. The molecule has 15 heavy (non-hydrogen) atoms. The molecule has 0 unspecified atom stereocenters. The maximum absolute atomic E-state index is 3.37. The van der Waals surface area contributed by atoms with E-state index in [0.29, 0.717) is 0 Å². The minimum absolute atomic E-state index is 0.281. The molecule has 0 bridgehead atoms. The van der Waals surface area contributed by atoms with Gasteiger partial charge in [0.25, 0.3) is 0 Å². The fraction of sp³-hybridized carbons (Fsp3) is 1.00. The summed E-state index contributed by atoms with van der Waals surface area (Å²) in [6, 6.07) is 0. The second-order valence-corrected chi connectivity index (χ2v) is 3.51. The monoisotopic (exact) mass is 217 g/mol. The van der Waals surface area contributed by atoms with Crippen molar-refractivity contribution in [2.45, 2.75) is 25.2 Å². The molecule has 2 saturated heterocycles. The summed E-state index contributed by atoms with van der Waals surface area (Å²) in [6.45, 7) is 1.95. The van der Waals surface area contributed by atoms with E-state index in [2.05, 4.69) is 49.2 Å². The zero-order chi connectivity index (χ0) is 10.3. The molecule has 9 N–H and O–H groups in total. The van der Waals surface area contributed by atoms with Crippen molar-refractivity contribution in [1.29, 1.82) is 0 Å². The van der Waals surface area contributed by atoms with E-state index in [9.17, 15) is 0 Å². The number of rotatable bonds is 6. The van der Waals surface area contributed by atoms with Crippen LogP contribution in [0.2, 0.25) is 0 Å². The van der Waals surface area contributed by atoms with Crippen LogP contribution in [0.4, 0.5) is 0 Å². The normalized spacial score (nSPS) is 24.0. The third-order valence-electron chi connectivity index (χ3n) is 2.33. The molecular weight excluding hydrogens is 198 g/mol. The Morgan fingerprint density at radius 1 is 0.667 bits per heavy atom. The zero-order valence-electron chi connectivity index (χ0n) is 8.48. The standard InChI is InChI=1S/C6H19N9/c1(5-8-12-13-9-5)3-7-4-2-6-10-14-15-11-6/h5-15H,1-4H2. The maximum Gasteiger partial charge on any atom is 0.0871 e. The first-order valence-electron chi connectivity index (χ1n) is 5.18. The fourth-order valence-corrected chi connectivity index (χ4v) is 1.47. The smallest absolute Gasteiger partial charge is 0.0871 e. The molecule has 9 nitrogen and oxygen atoms in total. The lowest BCUT2D eigenvalue weighted by Crippen LogP contribution is -2.39. The second-order valence-electron chi connectivity index (χ2n) is 3.51. The summed E-state index contributed by atoms with van der Waals surface area (Å²) in [5, 5.41) is 3.37. The van der Waals surface area contributed by atoms with E-state index in [4.69, 9.17) is 0 Å². The van der Waals surface area contributed by atoms with E-state index in [1.54, 1.807) is 0 Å². The Balaban J connectivity index is 1.41. The first kappa shape index (κ1) is 11.1. The molecular formula is C6H19N9. The lowest BCUT2D eigenvalue weighted by molar-refractivity contribution is 0.440. The van der Waals surface area contributed by atoms with Crippen LogP contribution in [-0.2, 0) is 0 Å². The van der Waals surface area contributed by atoms with Crippen LogP contribution in [0, 0.1) is 0 Å². The molecule has 0 radical (unpaired) electrons. The summed E-state index contributed by atoms with van der Waals surface area (Å²) in [7, 11) is 0. The lowest BCUT2D eigenvalue weighted by atomic mass is 10.3. The van der Waals surface area contributed by atoms with Gasteiger partial charge in [0, 0.05) is 0 Å². The highest BCUT2D eigenvalue weighted by molar-refractivity contribution is 4.66. The highest BCUT2D eigenvalue weighted by Crippen LogP contribution is 1.88. The Morgan fingerprint density at radius 2 is 1.07 bits per heavy atom. The van der Waals surface area contributed by atoms with Crippen LogP contribution in [0.1, 0.15) is 12.8 Å². The van der Waals surface area contributed by atoms with Crippen molar-refractivity contribution in [1.82, 2.24) is 49.2 Å². The number of hydrogen-bond donors (Lipinski definition) is 9. The van der Waals surface area contributed by atoms with Gasteiger partial charge in [-0.15, -0.1) is 0 Å². The van der Waals surface area contributed by atoms with Crippen LogP contribution in [0.3, 0.4) is 0 Å². The van der Waals surface area contributed by atoms with E-state index < -0.39 is 0 Å². The lowest BCUT2D eigenvalue weighted by Gasteiger charge is -2.11. The van der Waals surface area contributed by atoms with Crippen molar-refractivity contribution < 1.29 is 0 Å². The topological polar surface area (TPSA) is 108 Å². The Bertz CT molecular complexity index is 146. The summed E-state index contributed by atoms with van der Waals surface area (Å²) >= 11 is 0. The molecule has 88 valence electrons. The quantitative estimate of drug-likeness (QED) is 0.207. The van der Waals surface area contributed by atoms with Crippen molar-refractivity contribution in [3.8, 4) is 0 Å². The predicted molar refractivity (Wildman–Crippen MR) is 54.8 cm³/mol. The molecule has 0 aromatic heterocycles. The van der Waals surface area contributed by atoms with Crippen LogP contribution in [0.25, 0.3) is 0 Å². The molecule has 2 fully saturated rings. The Hall–Kier alpha value is -0.360. The molecule has 0 aromatic carbocycles. The largest absolute Gasteiger partial charge is 0.317 e. The van der Waals surface area contributed by atoms with Crippen LogP contribution < -0.4 is 49.2 Å². The van der Waals surface area contributed by atoms with Gasteiger partial charge in [0.1, 0.15) is 0 Å². The average molecular weight is 217 g/mol. The highest BCUT2D eigenvalue weighted by Gasteiger charge is 2.12. The van der Waals surface area contributed by atoms with Crippen LogP contribution in [0.15, 0.2) is 0 Å². The molecule has 2 heterocycles. The van der Waals surface area contributed by atoms with Gasteiger partial charge in [-0.2, -0.15) is 22.1 Å². The van der Waals surface area contributed by atoms with Gasteiger partial charge in [-0.05, 0) is 25.9 Å². The number of hydrazine groups is 6. The molecule has 0 atom stereocenters. The van der Waals surface area contributed by atoms with Crippen molar-refractivity contribution in [3.05, 3.63) is 0 Å². The molecule has 0 aromatic rings. The van der Waals surface area contributed by atoms with Gasteiger partial charge in [0.05, 0.1) is 12.3 Å². The molecule has 9 heteroatoms. The van der Waals surface area contributed by atoms with E-state index in [1.165, 1.54) is 0 Å². The van der Waals surface area contributed by atoms with Crippen molar-refractivity contribution in [2.75, 3.05) is 13.1 Å². The van der Waals surface area contributed by atoms with Crippen molar-refractivity contribution in [3.63, 3.8) is 0 Å². The summed E-state index contributed by atoms with van der Waals surface area (Å²) in [5.74, 6) is 0. The van der Waals surface area contributed by atoms with E-state index >= 15 is 0 Å². The Morgan fingerprint density at radius 3 is 1.47 bits per heavy atom. The Labute approximate surface area is 88.3 Å². The second kappa shape index (κ2) is 6.27. The number of nitrogens with one attached hydrogen (secondary N) is 9. The van der Waals surface area contributed by atoms with Crippen molar-refractivity contribution >= 4 is 0 Å². The molecule has 0 aliphatic carbocycles. The molecule has 0 spiro atoms. The predicted octanol–water partition coefficient (Wildman–Crippen LogP) is -3.76. The van der Waals surface area contributed by atoms with Gasteiger partial charge < -0.3 is 5.32 Å². The third-order valence-corrected chi connectivity index (χ3v) is 2.33. The summed E-state index contributed by atoms with van der Waals surface area (Å²) in [6.07, 6.45) is 2.59. The molecule has 0 amide bonds. The van der Waals surface area contributed by atoms with Gasteiger partial charge in [-0.1, -0.05) is 0 Å². The first-order chi connectivity index (χ1) is 7.45. The third kappa shape index (κ3) is 3.95. The van der Waals surface area contributed by atoms with Crippen molar-refractivity contribution in [2.24, 2.45) is 0 Å². The first-order valence-corrected chi connectivity index (χ1v) is 5.18. The average Bonchev–Trinajstić information content (AvgIpc) is 2.88. The van der Waals surface area contributed by atoms with Gasteiger partial charge in [-0.25, -0.2) is 21.7 Å². The SMILES string of the molecule is C(CC1NNNN1)NCCC1NNNN1. The fourth-order valence-electron chi connectivity index (χ4n) is 1.47. The van der Waals surface area contributed by atoms with E-state index in [0.717, 1.165) is 25.9 Å². The van der Waals surface area contributed by atoms with E-state index in [1.807, 2.05) is 0 Å². The highest BCUT2D eigenvalue weighted by atomic mass is 15.8. The maximum atomic E-state index is 3.37. The summed E-state index contributed by atoms with van der Waals surface area (Å²) < 4.78 is 0. The van der Waals surface area contributed by atoms with E-state index in [-0.39, 0.29) is 12.3 Å². The molecule has 0 saturated carbocycles. The molecule has 2 aliphatic heterocycles. The van der Waals surface area contributed by atoms with Crippen LogP contribution in [0.5, 0.6) is 0 Å². The van der Waals surface area contributed by atoms with Crippen LogP contribution in [-0.4, -0.2) is 25.4 Å². The minimum Gasteiger partial charge on any atom is -0.317 e. The number of hydrogen-bond acceptors (Lipinski definition) is 9. The zero-order valence-corrected chi connectivity index (χ0v) is 8.48. The van der Waals surface area contributed by atoms with Gasteiger partial charge in [0.15, 0.2) is 0 Å². The summed E-state index contributed by atoms with van der Waals surface area (Å²) in [5.41, 5.74) is 23.3. The van der Waals surface area contributed by atoms with Gasteiger partial charge >= 0.3 is 0 Å². The van der Waals surface area contributed by atoms with Gasteiger partial charge in [0.2, 0.25) is 0 Å². The molecule has 2 rings (SSSR count). The van der Waals surface area contributed by atoms with Gasteiger partial charge in [-0.3, -0.25) is 0 Å². The summed E-state index contributed by atoms with van der Waals surface area (Å²) in [4.78, 5) is 0. The minimum atomic E-state index is 0.281. The van der Waals surface area contributed by atoms with Crippen LogP contribution >= 0.6 is 0 Å². The molecule has 2 aliphatic rings.